The number of aliphatic imine (C=N–C) groups is 1. The number of nitriles is 1. The third-order valence-corrected chi connectivity index (χ3v) is 6.45. The Morgan fingerprint density at radius 2 is 1.62 bits per heavy atom. The molecule has 250 valence electrons. The Labute approximate surface area is 272 Å². The second kappa shape index (κ2) is 22.8. The van der Waals surface area contributed by atoms with Crippen LogP contribution in [0.3, 0.4) is 0 Å². The van der Waals surface area contributed by atoms with Gasteiger partial charge in [-0.25, -0.2) is 0 Å². The number of nitrogens with two attached hydrogens (primary N) is 1. The lowest BCUT2D eigenvalue weighted by Crippen LogP contribution is -2.54. The van der Waals surface area contributed by atoms with Gasteiger partial charge in [0.25, 0.3) is 5.91 Å². The van der Waals surface area contributed by atoms with Crippen LogP contribution in [-0.2, 0) is 17.5 Å². The van der Waals surface area contributed by atoms with Gasteiger partial charge in [-0.05, 0) is 76.1 Å². The van der Waals surface area contributed by atoms with Gasteiger partial charge in [-0.1, -0.05) is 65.9 Å². The summed E-state index contributed by atoms with van der Waals surface area (Å²) in [4.78, 5) is 20.6. The number of anilines is 1. The highest BCUT2D eigenvalue weighted by Crippen LogP contribution is 2.35. The van der Waals surface area contributed by atoms with Crippen LogP contribution in [-0.4, -0.2) is 52.5 Å². The van der Waals surface area contributed by atoms with E-state index in [0.29, 0.717) is 30.8 Å². The number of thiocarbonyl (C=S) groups is 1. The van der Waals surface area contributed by atoms with Gasteiger partial charge in [0.1, 0.15) is 0 Å². The summed E-state index contributed by atoms with van der Waals surface area (Å²) < 4.78 is 40.4. The molecule has 0 fully saturated rings. The maximum Gasteiger partial charge on any atom is 0.417 e. The molecule has 0 radical (unpaired) electrons. The standard InChI is InChI=1S/C27H31F3N6O2S.3C2H6/c1-26(2,25(38)36(18-39)23-12-9-20(15-31)24(14-23)27(28,29)30)35(3)17-19-7-10-21(11-8-19)33-16-22(34-32)6-4-5-13-37;3*1-2/h7-12,14,16,18,37H,4-6,13,17,32H2,1-3H3;3*1-2H3/b33-16?,34-22-;;;. The smallest absolute Gasteiger partial charge is 0.396 e. The average Bonchev–Trinajstić information content (AvgIpc) is 3.06. The molecule has 0 aromatic heterocycles. The van der Waals surface area contributed by atoms with E-state index in [1.807, 2.05) is 53.7 Å². The van der Waals surface area contributed by atoms with Gasteiger partial charge in [-0.3, -0.25) is 19.6 Å². The Kier molecular flexibility index (Phi) is 22.0. The molecule has 0 bridgehead atoms. The van der Waals surface area contributed by atoms with Crippen molar-refractivity contribution in [3.8, 4) is 6.07 Å². The number of carbonyl (C=O) groups excluding carboxylic acids is 1. The van der Waals surface area contributed by atoms with E-state index in [1.165, 1.54) is 12.1 Å². The maximum absolute atomic E-state index is 13.5. The third-order valence-electron chi connectivity index (χ3n) is 6.23. The first-order chi connectivity index (χ1) is 21.4. The Balaban J connectivity index is 0. The first-order valence-electron chi connectivity index (χ1n) is 15.0. The van der Waals surface area contributed by atoms with Crippen molar-refractivity contribution >= 4 is 46.9 Å². The number of hydrogen-bond donors (Lipinski definition) is 2. The minimum absolute atomic E-state index is 0.0817. The van der Waals surface area contributed by atoms with Crippen molar-refractivity contribution in [2.45, 2.75) is 92.9 Å². The van der Waals surface area contributed by atoms with Crippen LogP contribution >= 0.6 is 12.2 Å². The van der Waals surface area contributed by atoms with Crippen LogP contribution in [0, 0.1) is 11.3 Å². The molecule has 1 amide bonds. The topological polar surface area (TPSA) is 118 Å². The molecule has 12 heteroatoms. The fourth-order valence-electron chi connectivity index (χ4n) is 3.59. The molecule has 2 rings (SSSR count). The Hall–Kier alpha value is -3.66. The lowest BCUT2D eigenvalue weighted by Gasteiger charge is -2.37. The molecule has 8 nitrogen and oxygen atoms in total. The number of unbranched alkanes of at least 4 members (excludes halogenated alkanes) is 1. The fourth-order valence-corrected chi connectivity index (χ4v) is 3.80. The minimum Gasteiger partial charge on any atom is -0.396 e. The molecule has 0 aliphatic carbocycles. The number of alkyl halides is 3. The number of rotatable bonds is 12. The Morgan fingerprint density at radius 1 is 1.04 bits per heavy atom. The van der Waals surface area contributed by atoms with Crippen LogP contribution in [0.4, 0.5) is 24.5 Å². The van der Waals surface area contributed by atoms with Crippen LogP contribution < -0.4 is 10.7 Å². The zero-order valence-electron chi connectivity index (χ0n) is 27.9. The molecule has 2 aromatic carbocycles. The molecule has 0 atom stereocenters. The minimum atomic E-state index is -4.77. The van der Waals surface area contributed by atoms with Gasteiger partial charge in [0.15, 0.2) is 0 Å². The Bertz CT molecular complexity index is 1260. The second-order valence-corrected chi connectivity index (χ2v) is 9.47. The molecule has 3 N–H and O–H groups in total. The van der Waals surface area contributed by atoms with Gasteiger partial charge in [-0.2, -0.15) is 23.5 Å². The zero-order chi connectivity index (χ0) is 35.2. The van der Waals surface area contributed by atoms with Crippen molar-refractivity contribution in [2.24, 2.45) is 15.9 Å². The number of aliphatic hydroxyl groups is 1. The predicted octanol–water partition coefficient (Wildman–Crippen LogP) is 8.04. The highest BCUT2D eigenvalue weighted by atomic mass is 32.1. The van der Waals surface area contributed by atoms with E-state index in [2.05, 4.69) is 10.1 Å². The lowest BCUT2D eigenvalue weighted by molar-refractivity contribution is -0.137. The van der Waals surface area contributed by atoms with Crippen molar-refractivity contribution in [2.75, 3.05) is 18.6 Å². The summed E-state index contributed by atoms with van der Waals surface area (Å²) in [7, 11) is 1.72. The van der Waals surface area contributed by atoms with Crippen molar-refractivity contribution in [3.05, 3.63) is 59.2 Å². The predicted molar refractivity (Wildman–Crippen MR) is 184 cm³/mol. The van der Waals surface area contributed by atoms with Crippen molar-refractivity contribution in [3.63, 3.8) is 0 Å². The quantitative estimate of drug-likeness (QED) is 0.0789. The number of aliphatic hydroxyl groups excluding tert-OH is 1. The first kappa shape index (κ1) is 43.5. The third kappa shape index (κ3) is 13.9. The summed E-state index contributed by atoms with van der Waals surface area (Å²) in [5, 5.41) is 21.7. The summed E-state index contributed by atoms with van der Waals surface area (Å²) in [6.07, 6.45) is -1.19. The van der Waals surface area contributed by atoms with E-state index in [1.54, 1.807) is 44.1 Å². The van der Waals surface area contributed by atoms with Gasteiger partial charge >= 0.3 is 6.18 Å². The molecule has 0 heterocycles. The van der Waals surface area contributed by atoms with E-state index in [9.17, 15) is 18.0 Å². The van der Waals surface area contributed by atoms with Crippen molar-refractivity contribution < 1.29 is 23.1 Å². The van der Waals surface area contributed by atoms with Crippen molar-refractivity contribution in [1.82, 2.24) is 4.90 Å². The first-order valence-corrected chi connectivity index (χ1v) is 15.5. The van der Waals surface area contributed by atoms with Crippen LogP contribution in [0.5, 0.6) is 0 Å². The van der Waals surface area contributed by atoms with E-state index >= 15 is 0 Å². The monoisotopic (exact) mass is 650 g/mol. The second-order valence-electron chi connectivity index (χ2n) is 9.26. The molecule has 2 aromatic rings. The highest BCUT2D eigenvalue weighted by molar-refractivity contribution is 7.79. The molecule has 0 aliphatic rings. The van der Waals surface area contributed by atoms with Crippen LogP contribution in [0.15, 0.2) is 52.6 Å². The van der Waals surface area contributed by atoms with Crippen molar-refractivity contribution in [1.29, 1.82) is 5.26 Å². The van der Waals surface area contributed by atoms with Gasteiger partial charge in [-0.15, -0.1) is 0 Å². The SMILES string of the molecule is CC.CC.CC.CN(Cc1ccc(N=C/C(CCCCO)=N\N)cc1)C(C)(C)C(=O)N(C=S)c1ccc(C#N)c(C(F)(F)F)c1. The summed E-state index contributed by atoms with van der Waals surface area (Å²) in [6, 6.07) is 11.9. The molecule has 0 unspecified atom stereocenters. The molecule has 0 spiro atoms. The van der Waals surface area contributed by atoms with E-state index < -0.39 is 28.7 Å². The zero-order valence-corrected chi connectivity index (χ0v) is 28.8. The summed E-state index contributed by atoms with van der Waals surface area (Å²) in [6.45, 7) is 15.8. The molecule has 0 saturated carbocycles. The van der Waals surface area contributed by atoms with E-state index in [0.717, 1.165) is 34.5 Å². The van der Waals surface area contributed by atoms with Gasteiger partial charge in [0.2, 0.25) is 0 Å². The van der Waals surface area contributed by atoms with E-state index in [4.69, 9.17) is 28.4 Å². The van der Waals surface area contributed by atoms with Crippen LogP contribution in [0.25, 0.3) is 0 Å². The lowest BCUT2D eigenvalue weighted by atomic mass is 9.99. The molecule has 45 heavy (non-hydrogen) atoms. The number of nitrogens with zero attached hydrogens (tertiary/aromatic N) is 5. The van der Waals surface area contributed by atoms with Gasteiger partial charge in [0, 0.05) is 18.8 Å². The largest absolute Gasteiger partial charge is 0.417 e. The number of halogens is 3. The number of amides is 1. The summed E-state index contributed by atoms with van der Waals surface area (Å²) >= 11 is 4.99. The number of likely N-dealkylation sites (N-methyl/N-ethyl adjacent to an activating group) is 1. The number of benzene rings is 2. The molecular weight excluding hydrogens is 601 g/mol. The number of hydrazone groups is 1. The average molecular weight is 651 g/mol. The van der Waals surface area contributed by atoms with Crippen LogP contribution in [0.2, 0.25) is 0 Å². The van der Waals surface area contributed by atoms with Gasteiger partial charge in [0.05, 0.1) is 45.8 Å². The highest BCUT2D eigenvalue weighted by Gasteiger charge is 2.38. The summed E-state index contributed by atoms with van der Waals surface area (Å²) in [5.41, 5.74) is 0.241. The molecular formula is C33H49F3N6O2S. The molecule has 0 saturated heterocycles. The fraction of sp³-hybridized carbons (Fsp3) is 0.485. The normalized spacial score (nSPS) is 11.3. The summed E-state index contributed by atoms with van der Waals surface area (Å²) in [5.74, 6) is 4.86. The number of carbonyl (C=O) groups is 1. The maximum atomic E-state index is 13.5. The molecule has 0 aliphatic heterocycles. The van der Waals surface area contributed by atoms with Gasteiger partial charge < -0.3 is 10.9 Å². The van der Waals surface area contributed by atoms with Crippen LogP contribution in [0.1, 0.15) is 91.3 Å². The number of hydrogen-bond acceptors (Lipinski definition) is 8. The Morgan fingerprint density at radius 3 is 2.09 bits per heavy atom. The van der Waals surface area contributed by atoms with E-state index in [-0.39, 0.29) is 12.3 Å².